The van der Waals surface area contributed by atoms with Gasteiger partial charge < -0.3 is 20.2 Å². The van der Waals surface area contributed by atoms with Gasteiger partial charge in [-0.1, -0.05) is 53.7 Å². The van der Waals surface area contributed by atoms with E-state index in [2.05, 4.69) is 0 Å². The number of nitrogens with zero attached hydrogens (tertiary/aromatic N) is 1. The van der Waals surface area contributed by atoms with Gasteiger partial charge in [0.1, 0.15) is 11.8 Å². The smallest absolute Gasteiger partial charge is 0.326 e. The highest BCUT2D eigenvalue weighted by Crippen LogP contribution is 2.34. The molecule has 8 heteroatoms. The molecule has 0 aliphatic heterocycles. The lowest BCUT2D eigenvalue weighted by Gasteiger charge is -2.40. The first kappa shape index (κ1) is 28.8. The van der Waals surface area contributed by atoms with Crippen LogP contribution in [0.4, 0.5) is 0 Å². The summed E-state index contributed by atoms with van der Waals surface area (Å²) in [5, 5.41) is 29.5. The summed E-state index contributed by atoms with van der Waals surface area (Å²) in [5.41, 5.74) is -0.526. The molecular weight excluding hydrogens is 442 g/mol. The first-order valence-electron chi connectivity index (χ1n) is 11.3. The Labute approximate surface area is 201 Å². The van der Waals surface area contributed by atoms with Crippen molar-refractivity contribution in [1.82, 2.24) is 4.90 Å². The number of aliphatic carboxylic acids is 2. The van der Waals surface area contributed by atoms with Gasteiger partial charge in [0.15, 0.2) is 0 Å². The number of phenolic OH excluding ortho intramolecular Hbond substituents is 1. The minimum absolute atomic E-state index is 0.0186. The van der Waals surface area contributed by atoms with Crippen LogP contribution in [0.25, 0.3) is 0 Å². The Morgan fingerprint density at radius 2 is 1.58 bits per heavy atom. The summed E-state index contributed by atoms with van der Waals surface area (Å²) in [7, 11) is 0. The molecule has 3 N–H and O–H groups in total. The second kappa shape index (κ2) is 12.3. The van der Waals surface area contributed by atoms with E-state index in [9.17, 15) is 29.7 Å². The molecule has 1 rings (SSSR count). The topological polar surface area (TPSA) is 115 Å². The lowest BCUT2D eigenvalue weighted by molar-refractivity contribution is -0.155. The number of hydrogen-bond acceptors (Lipinski definition) is 5. The Balaban J connectivity index is 3.32. The van der Waals surface area contributed by atoms with E-state index in [1.807, 2.05) is 27.7 Å². The van der Waals surface area contributed by atoms with E-state index in [4.69, 9.17) is 0 Å². The normalized spacial score (nSPS) is 13.9. The van der Waals surface area contributed by atoms with Crippen molar-refractivity contribution < 1.29 is 29.7 Å². The molecule has 0 aliphatic carbocycles. The van der Waals surface area contributed by atoms with Crippen LogP contribution < -0.4 is 0 Å². The number of carboxylic acids is 2. The minimum atomic E-state index is -1.15. The van der Waals surface area contributed by atoms with Crippen LogP contribution in [0, 0.1) is 16.7 Å². The molecule has 7 nitrogen and oxygen atoms in total. The van der Waals surface area contributed by atoms with E-state index >= 15 is 0 Å². The van der Waals surface area contributed by atoms with E-state index < -0.39 is 29.3 Å². The van der Waals surface area contributed by atoms with Crippen LogP contribution in [-0.4, -0.2) is 62.2 Å². The van der Waals surface area contributed by atoms with E-state index in [1.165, 1.54) is 17.0 Å². The average Bonchev–Trinajstić information content (AvgIpc) is 2.67. The monoisotopic (exact) mass is 481 g/mol. The largest absolute Gasteiger partial charge is 0.508 e. The third-order valence-electron chi connectivity index (χ3n) is 5.60. The molecule has 0 spiro atoms. The van der Waals surface area contributed by atoms with Gasteiger partial charge >= 0.3 is 11.9 Å². The summed E-state index contributed by atoms with van der Waals surface area (Å²) in [6.07, 6.45) is 0.648. The van der Waals surface area contributed by atoms with Gasteiger partial charge in [-0.15, -0.1) is 0 Å². The first-order chi connectivity index (χ1) is 15.2. The third kappa shape index (κ3) is 9.66. The van der Waals surface area contributed by atoms with Gasteiger partial charge in [0.2, 0.25) is 5.91 Å². The molecule has 1 amide bonds. The highest BCUT2D eigenvalue weighted by molar-refractivity contribution is 7.99. The van der Waals surface area contributed by atoms with Crippen molar-refractivity contribution in [2.45, 2.75) is 66.8 Å². The standard InChI is InChI=1S/C25H39NO6S/c1-7-33-13-12-19(22(29)30)25(5,6)16-26(21(28)15-24(2,3)4)20(23(31)32)14-17-8-10-18(27)11-9-17/h8-11,19-20,27H,7,12-16H2,1-6H3,(H,29,30)(H,31,32). The number of aromatic hydroxyl groups is 1. The maximum atomic E-state index is 13.4. The number of carbonyl (C=O) groups is 3. The maximum absolute atomic E-state index is 13.4. The van der Waals surface area contributed by atoms with E-state index in [0.29, 0.717) is 17.7 Å². The van der Waals surface area contributed by atoms with Crippen LogP contribution in [0.3, 0.4) is 0 Å². The molecule has 0 bridgehead atoms. The Morgan fingerprint density at radius 3 is 2.03 bits per heavy atom. The van der Waals surface area contributed by atoms with Gasteiger partial charge in [-0.2, -0.15) is 11.8 Å². The molecule has 0 saturated heterocycles. The van der Waals surface area contributed by atoms with Crippen molar-refractivity contribution >= 4 is 29.6 Å². The summed E-state index contributed by atoms with van der Waals surface area (Å²) < 4.78 is 0. The van der Waals surface area contributed by atoms with Gasteiger partial charge in [0.05, 0.1) is 5.92 Å². The zero-order valence-corrected chi connectivity index (χ0v) is 21.4. The Bertz CT molecular complexity index is 800. The number of benzene rings is 1. The number of phenols is 1. The fraction of sp³-hybridized carbons (Fsp3) is 0.640. The summed E-state index contributed by atoms with van der Waals surface area (Å²) in [4.78, 5) is 39.1. The van der Waals surface area contributed by atoms with Crippen LogP contribution in [0.15, 0.2) is 24.3 Å². The molecule has 1 aromatic carbocycles. The molecule has 2 unspecified atom stereocenters. The van der Waals surface area contributed by atoms with E-state index in [-0.39, 0.29) is 36.5 Å². The maximum Gasteiger partial charge on any atom is 0.326 e. The SMILES string of the molecule is CCSCCC(C(=O)O)C(C)(C)CN(C(=O)CC(C)(C)C)C(Cc1ccc(O)cc1)C(=O)O. The van der Waals surface area contributed by atoms with Crippen LogP contribution in [0.1, 0.15) is 59.9 Å². The Kier molecular flexibility index (Phi) is 10.7. The van der Waals surface area contributed by atoms with Crippen LogP contribution >= 0.6 is 11.8 Å². The fourth-order valence-electron chi connectivity index (χ4n) is 3.86. The number of rotatable bonds is 13. The number of carbonyl (C=O) groups excluding carboxylic acids is 1. The lowest BCUT2D eigenvalue weighted by atomic mass is 9.76. The van der Waals surface area contributed by atoms with Crippen molar-refractivity contribution in [2.24, 2.45) is 16.7 Å². The molecule has 0 heterocycles. The molecule has 0 saturated carbocycles. The number of thioether (sulfide) groups is 1. The van der Waals surface area contributed by atoms with Crippen LogP contribution in [0.2, 0.25) is 0 Å². The molecule has 186 valence electrons. The van der Waals surface area contributed by atoms with Crippen LogP contribution in [0.5, 0.6) is 5.75 Å². The summed E-state index contributed by atoms with van der Waals surface area (Å²) in [5.74, 6) is -1.47. The number of amides is 1. The molecule has 0 aliphatic rings. The highest BCUT2D eigenvalue weighted by atomic mass is 32.2. The van der Waals surface area contributed by atoms with Crippen molar-refractivity contribution in [3.05, 3.63) is 29.8 Å². The quantitative estimate of drug-likeness (QED) is 0.355. The van der Waals surface area contributed by atoms with Gasteiger partial charge in [-0.3, -0.25) is 9.59 Å². The van der Waals surface area contributed by atoms with Gasteiger partial charge in [0, 0.05) is 19.4 Å². The second-order valence-corrected chi connectivity index (χ2v) is 11.7. The minimum Gasteiger partial charge on any atom is -0.508 e. The summed E-state index contributed by atoms with van der Waals surface area (Å²) >= 11 is 1.66. The van der Waals surface area contributed by atoms with Gasteiger partial charge in [-0.05, 0) is 46.5 Å². The number of carboxylic acid groups (broad SMARTS) is 2. The molecule has 0 fully saturated rings. The van der Waals surface area contributed by atoms with Crippen molar-refractivity contribution in [1.29, 1.82) is 0 Å². The molecule has 0 radical (unpaired) electrons. The molecule has 1 aromatic rings. The zero-order chi connectivity index (χ0) is 25.4. The Morgan fingerprint density at radius 1 is 1.00 bits per heavy atom. The van der Waals surface area contributed by atoms with Crippen molar-refractivity contribution in [3.63, 3.8) is 0 Å². The van der Waals surface area contributed by atoms with Crippen LogP contribution in [-0.2, 0) is 20.8 Å². The molecule has 2 atom stereocenters. The summed E-state index contributed by atoms with van der Waals surface area (Å²) in [6, 6.07) is 5.06. The van der Waals surface area contributed by atoms with Crippen molar-refractivity contribution in [2.75, 3.05) is 18.1 Å². The predicted octanol–water partition coefficient (Wildman–Crippen LogP) is 4.52. The Hall–Kier alpha value is -2.22. The molecule has 33 heavy (non-hydrogen) atoms. The lowest BCUT2D eigenvalue weighted by Crippen LogP contribution is -2.53. The van der Waals surface area contributed by atoms with Crippen molar-refractivity contribution in [3.8, 4) is 5.75 Å². The zero-order valence-electron chi connectivity index (χ0n) is 20.6. The fourth-order valence-corrected chi connectivity index (χ4v) is 4.55. The van der Waals surface area contributed by atoms with E-state index in [0.717, 1.165) is 5.75 Å². The molecule has 0 aromatic heterocycles. The van der Waals surface area contributed by atoms with Gasteiger partial charge in [0.25, 0.3) is 0 Å². The molecular formula is C25H39NO6S. The van der Waals surface area contributed by atoms with Gasteiger partial charge in [-0.25, -0.2) is 4.79 Å². The predicted molar refractivity (Wildman–Crippen MR) is 132 cm³/mol. The number of hydrogen-bond donors (Lipinski definition) is 3. The second-order valence-electron chi connectivity index (χ2n) is 10.3. The summed E-state index contributed by atoms with van der Waals surface area (Å²) in [6.45, 7) is 11.3. The third-order valence-corrected chi connectivity index (χ3v) is 6.54. The van der Waals surface area contributed by atoms with E-state index in [1.54, 1.807) is 37.7 Å². The average molecular weight is 482 g/mol. The highest BCUT2D eigenvalue weighted by Gasteiger charge is 2.41. The first-order valence-corrected chi connectivity index (χ1v) is 12.4.